The highest BCUT2D eigenvalue weighted by Crippen LogP contribution is 2.28. The number of benzene rings is 1. The molecule has 1 aromatic carbocycles. The summed E-state index contributed by atoms with van der Waals surface area (Å²) in [5.74, 6) is 0.256. The quantitative estimate of drug-likeness (QED) is 0.913. The zero-order chi connectivity index (χ0) is 14.8. The van der Waals surface area contributed by atoms with E-state index in [1.165, 1.54) is 11.1 Å². The molecule has 0 radical (unpaired) electrons. The van der Waals surface area contributed by atoms with Crippen LogP contribution in [0.2, 0.25) is 0 Å². The van der Waals surface area contributed by atoms with E-state index in [-0.39, 0.29) is 11.9 Å². The van der Waals surface area contributed by atoms with Crippen molar-refractivity contribution in [3.63, 3.8) is 0 Å². The lowest BCUT2D eigenvalue weighted by Gasteiger charge is -2.33. The lowest BCUT2D eigenvalue weighted by Crippen LogP contribution is -2.48. The Hall–Kier alpha value is -1.39. The maximum atomic E-state index is 13.0. The molecule has 0 saturated carbocycles. The van der Waals surface area contributed by atoms with Gasteiger partial charge < -0.3 is 15.1 Å². The van der Waals surface area contributed by atoms with E-state index in [2.05, 4.69) is 47.4 Å². The Morgan fingerprint density at radius 1 is 1.38 bits per heavy atom. The van der Waals surface area contributed by atoms with Crippen molar-refractivity contribution in [3.05, 3.63) is 35.4 Å². The lowest BCUT2D eigenvalue weighted by molar-refractivity contribution is -0.134. The average molecular weight is 287 g/mol. The Labute approximate surface area is 127 Å². The fraction of sp³-hybridized carbons (Fsp3) is 0.588. The van der Waals surface area contributed by atoms with Crippen LogP contribution in [-0.2, 0) is 11.2 Å². The number of hydrogen-bond donors (Lipinski definition) is 1. The molecule has 2 atom stereocenters. The van der Waals surface area contributed by atoms with E-state index >= 15 is 0 Å². The van der Waals surface area contributed by atoms with E-state index in [0.717, 1.165) is 38.9 Å². The molecule has 0 bridgehead atoms. The molecule has 2 heterocycles. The van der Waals surface area contributed by atoms with Crippen LogP contribution < -0.4 is 5.32 Å². The Kier molecular flexibility index (Phi) is 4.27. The largest absolute Gasteiger partial charge is 0.337 e. The zero-order valence-corrected chi connectivity index (χ0v) is 13.0. The highest BCUT2D eigenvalue weighted by molar-refractivity contribution is 5.84. The molecule has 4 nitrogen and oxygen atoms in total. The first-order valence-electron chi connectivity index (χ1n) is 7.93. The Balaban J connectivity index is 1.79. The monoisotopic (exact) mass is 287 g/mol. The van der Waals surface area contributed by atoms with Crippen LogP contribution in [-0.4, -0.2) is 55.5 Å². The first-order valence-corrected chi connectivity index (χ1v) is 7.93. The summed E-state index contributed by atoms with van der Waals surface area (Å²) in [4.78, 5) is 17.3. The molecule has 2 aliphatic heterocycles. The van der Waals surface area contributed by atoms with Gasteiger partial charge in [-0.3, -0.25) is 4.79 Å². The second-order valence-electron chi connectivity index (χ2n) is 6.43. The zero-order valence-electron chi connectivity index (χ0n) is 13.0. The minimum absolute atomic E-state index is 0.155. The smallest absolute Gasteiger partial charge is 0.244 e. The molecule has 4 heteroatoms. The molecular formula is C17H25N3O. The summed E-state index contributed by atoms with van der Waals surface area (Å²) in [6.45, 7) is 2.75. The summed E-state index contributed by atoms with van der Waals surface area (Å²) in [5, 5.41) is 3.42. The third-order valence-corrected chi connectivity index (χ3v) is 4.59. The third kappa shape index (κ3) is 2.97. The normalized spacial score (nSPS) is 25.2. The van der Waals surface area contributed by atoms with E-state index in [9.17, 15) is 4.79 Å². The minimum atomic E-state index is -0.155. The van der Waals surface area contributed by atoms with Crippen molar-refractivity contribution in [2.75, 3.05) is 33.7 Å². The van der Waals surface area contributed by atoms with Gasteiger partial charge in [0.05, 0.1) is 0 Å². The lowest BCUT2D eigenvalue weighted by atomic mass is 9.93. The van der Waals surface area contributed by atoms with Crippen LogP contribution >= 0.6 is 0 Å². The van der Waals surface area contributed by atoms with Gasteiger partial charge in [-0.25, -0.2) is 0 Å². The van der Waals surface area contributed by atoms with Crippen molar-refractivity contribution in [3.8, 4) is 0 Å². The van der Waals surface area contributed by atoms with Crippen LogP contribution in [0.3, 0.4) is 0 Å². The average Bonchev–Trinajstić information content (AvgIpc) is 2.93. The van der Waals surface area contributed by atoms with Crippen LogP contribution in [0.4, 0.5) is 0 Å². The van der Waals surface area contributed by atoms with Crippen molar-refractivity contribution < 1.29 is 4.79 Å². The predicted molar refractivity (Wildman–Crippen MR) is 84.2 cm³/mol. The predicted octanol–water partition coefficient (Wildman–Crippen LogP) is 1.43. The molecule has 1 aromatic rings. The molecule has 0 aromatic heterocycles. The number of fused-ring (bicyclic) bond motifs is 1. The SMILES string of the molecule is CN(C)CC1CCCN1C(=O)C1NCCc2ccccc21. The number of nitrogens with one attached hydrogen (secondary N) is 1. The van der Waals surface area contributed by atoms with Gasteiger partial charge in [0.1, 0.15) is 6.04 Å². The van der Waals surface area contributed by atoms with Gasteiger partial charge in [-0.15, -0.1) is 0 Å². The van der Waals surface area contributed by atoms with Crippen molar-refractivity contribution in [1.29, 1.82) is 0 Å². The highest BCUT2D eigenvalue weighted by Gasteiger charge is 2.35. The van der Waals surface area contributed by atoms with E-state index in [0.29, 0.717) is 6.04 Å². The van der Waals surface area contributed by atoms with Gasteiger partial charge >= 0.3 is 0 Å². The van der Waals surface area contributed by atoms with Crippen LogP contribution in [0.5, 0.6) is 0 Å². The van der Waals surface area contributed by atoms with Crippen LogP contribution in [0, 0.1) is 0 Å². The van der Waals surface area contributed by atoms with E-state index in [1.807, 2.05) is 6.07 Å². The molecule has 0 aliphatic carbocycles. The Morgan fingerprint density at radius 2 is 2.19 bits per heavy atom. The van der Waals surface area contributed by atoms with Gasteiger partial charge in [-0.2, -0.15) is 0 Å². The van der Waals surface area contributed by atoms with Gasteiger partial charge in [0, 0.05) is 25.7 Å². The van der Waals surface area contributed by atoms with Crippen LogP contribution in [0.15, 0.2) is 24.3 Å². The number of nitrogens with zero attached hydrogens (tertiary/aromatic N) is 2. The molecule has 21 heavy (non-hydrogen) atoms. The Morgan fingerprint density at radius 3 is 3.00 bits per heavy atom. The molecule has 3 rings (SSSR count). The molecule has 1 saturated heterocycles. The van der Waals surface area contributed by atoms with Crippen molar-refractivity contribution in [2.24, 2.45) is 0 Å². The third-order valence-electron chi connectivity index (χ3n) is 4.59. The van der Waals surface area contributed by atoms with Crippen LogP contribution in [0.1, 0.15) is 30.0 Å². The number of likely N-dealkylation sites (tertiary alicyclic amines) is 1. The second kappa shape index (κ2) is 6.16. The molecular weight excluding hydrogens is 262 g/mol. The van der Waals surface area contributed by atoms with Gasteiger partial charge in [-0.1, -0.05) is 24.3 Å². The summed E-state index contributed by atoms with van der Waals surface area (Å²) < 4.78 is 0. The number of carbonyl (C=O) groups excluding carboxylic acids is 1. The van der Waals surface area contributed by atoms with Crippen molar-refractivity contribution in [1.82, 2.24) is 15.1 Å². The van der Waals surface area contributed by atoms with Crippen molar-refractivity contribution in [2.45, 2.75) is 31.3 Å². The second-order valence-corrected chi connectivity index (χ2v) is 6.43. The number of likely N-dealkylation sites (N-methyl/N-ethyl adjacent to an activating group) is 1. The van der Waals surface area contributed by atoms with Gasteiger partial charge in [0.25, 0.3) is 0 Å². The number of amides is 1. The van der Waals surface area contributed by atoms with E-state index in [1.54, 1.807) is 0 Å². The first-order chi connectivity index (χ1) is 10.2. The van der Waals surface area contributed by atoms with E-state index in [4.69, 9.17) is 0 Å². The molecule has 2 aliphatic rings. The topological polar surface area (TPSA) is 35.6 Å². The molecule has 1 fully saturated rings. The van der Waals surface area contributed by atoms with Gasteiger partial charge in [-0.05, 0) is 44.5 Å². The summed E-state index contributed by atoms with van der Waals surface area (Å²) in [5.41, 5.74) is 2.49. The fourth-order valence-electron chi connectivity index (χ4n) is 3.63. The minimum Gasteiger partial charge on any atom is -0.337 e. The summed E-state index contributed by atoms with van der Waals surface area (Å²) in [6, 6.07) is 8.56. The number of carbonyl (C=O) groups is 1. The summed E-state index contributed by atoms with van der Waals surface area (Å²) in [7, 11) is 4.16. The molecule has 2 unspecified atom stereocenters. The molecule has 0 spiro atoms. The van der Waals surface area contributed by atoms with E-state index < -0.39 is 0 Å². The molecule has 1 N–H and O–H groups in total. The summed E-state index contributed by atoms with van der Waals surface area (Å²) in [6.07, 6.45) is 3.26. The molecule has 114 valence electrons. The summed E-state index contributed by atoms with van der Waals surface area (Å²) >= 11 is 0. The Bertz CT molecular complexity index is 515. The first kappa shape index (κ1) is 14.5. The standard InChI is InChI=1S/C17H25N3O/c1-19(2)12-14-7-5-11-20(14)17(21)16-15-8-4-3-6-13(15)9-10-18-16/h3-4,6,8,14,16,18H,5,7,9-12H2,1-2H3. The maximum Gasteiger partial charge on any atom is 0.244 e. The molecule has 1 amide bonds. The fourth-order valence-corrected chi connectivity index (χ4v) is 3.63. The van der Waals surface area contributed by atoms with Crippen molar-refractivity contribution >= 4 is 5.91 Å². The van der Waals surface area contributed by atoms with Gasteiger partial charge in [0.15, 0.2) is 0 Å². The maximum absolute atomic E-state index is 13.0. The number of hydrogen-bond acceptors (Lipinski definition) is 3. The number of rotatable bonds is 3. The van der Waals surface area contributed by atoms with Gasteiger partial charge in [0.2, 0.25) is 5.91 Å². The highest BCUT2D eigenvalue weighted by atomic mass is 16.2. The van der Waals surface area contributed by atoms with Crippen LogP contribution in [0.25, 0.3) is 0 Å².